The van der Waals surface area contributed by atoms with Crippen molar-refractivity contribution in [2.24, 2.45) is 0 Å². The Labute approximate surface area is 170 Å². The van der Waals surface area contributed by atoms with Gasteiger partial charge in [0.05, 0.1) is 22.9 Å². The van der Waals surface area contributed by atoms with Crippen LogP contribution in [0.25, 0.3) is 10.2 Å². The van der Waals surface area contributed by atoms with E-state index >= 15 is 0 Å². The minimum Gasteiger partial charge on any atom is -0.376 e. The molecular formula is C23H26N2O2S. The minimum atomic E-state index is 0.00815. The van der Waals surface area contributed by atoms with Gasteiger partial charge in [0.1, 0.15) is 0 Å². The zero-order valence-corrected chi connectivity index (χ0v) is 17.5. The summed E-state index contributed by atoms with van der Waals surface area (Å²) in [5, 5.41) is 0.761. The van der Waals surface area contributed by atoms with Crippen LogP contribution in [0.4, 0.5) is 5.13 Å². The Hall–Kier alpha value is -2.24. The summed E-state index contributed by atoms with van der Waals surface area (Å²) in [6.07, 6.45) is 3.04. The summed E-state index contributed by atoms with van der Waals surface area (Å²) in [6, 6.07) is 12.3. The van der Waals surface area contributed by atoms with E-state index in [1.165, 1.54) is 5.56 Å². The van der Waals surface area contributed by atoms with Crippen molar-refractivity contribution >= 4 is 32.6 Å². The Morgan fingerprint density at radius 2 is 2.14 bits per heavy atom. The zero-order valence-electron chi connectivity index (χ0n) is 16.7. The maximum absolute atomic E-state index is 13.6. The van der Waals surface area contributed by atoms with Gasteiger partial charge in [-0.15, -0.1) is 0 Å². The van der Waals surface area contributed by atoms with E-state index in [0.29, 0.717) is 6.54 Å². The largest absolute Gasteiger partial charge is 0.376 e. The number of aromatic nitrogens is 1. The molecule has 5 heteroatoms. The number of nitrogens with zero attached hydrogens (tertiary/aromatic N) is 2. The maximum atomic E-state index is 13.6. The van der Waals surface area contributed by atoms with E-state index < -0.39 is 0 Å². The van der Waals surface area contributed by atoms with Gasteiger partial charge in [-0.2, -0.15) is 0 Å². The highest BCUT2D eigenvalue weighted by atomic mass is 32.1. The fourth-order valence-electron chi connectivity index (χ4n) is 3.75. The average molecular weight is 395 g/mol. The summed E-state index contributed by atoms with van der Waals surface area (Å²) >= 11 is 1.59. The molecule has 2 aromatic carbocycles. The predicted octanol–water partition coefficient (Wildman–Crippen LogP) is 5.30. The first kappa shape index (κ1) is 19.1. The molecule has 0 spiro atoms. The molecule has 1 saturated heterocycles. The van der Waals surface area contributed by atoms with E-state index in [1.807, 2.05) is 36.9 Å². The highest BCUT2D eigenvalue weighted by molar-refractivity contribution is 7.22. The molecule has 1 atom stereocenters. The zero-order chi connectivity index (χ0) is 19.7. The summed E-state index contributed by atoms with van der Waals surface area (Å²) < 4.78 is 6.97. The second-order valence-corrected chi connectivity index (χ2v) is 8.49. The summed E-state index contributed by atoms with van der Waals surface area (Å²) in [5.41, 5.74) is 5.05. The first-order valence-electron chi connectivity index (χ1n) is 9.96. The maximum Gasteiger partial charge on any atom is 0.260 e. The standard InChI is InChI=1S/C23H26N2O2S/c1-4-17-7-5-9-20-21(17)24-23(28-20)25(14-18-8-6-12-27-18)22(26)19-13-15(2)10-11-16(19)3/h5,7,9-11,13,18H,4,6,8,12,14H2,1-3H3. The first-order valence-corrected chi connectivity index (χ1v) is 10.8. The molecule has 0 saturated carbocycles. The van der Waals surface area contributed by atoms with Crippen LogP contribution < -0.4 is 4.90 Å². The number of carbonyl (C=O) groups excluding carboxylic acids is 1. The van der Waals surface area contributed by atoms with Gasteiger partial charge >= 0.3 is 0 Å². The van der Waals surface area contributed by atoms with Crippen molar-refractivity contribution in [3.63, 3.8) is 0 Å². The van der Waals surface area contributed by atoms with Gasteiger partial charge in [0, 0.05) is 12.2 Å². The van der Waals surface area contributed by atoms with Crippen LogP contribution in [0.1, 0.15) is 46.8 Å². The number of benzene rings is 2. The fourth-order valence-corrected chi connectivity index (χ4v) is 4.77. The van der Waals surface area contributed by atoms with Crippen molar-refractivity contribution in [2.45, 2.75) is 46.1 Å². The predicted molar refractivity (Wildman–Crippen MR) is 116 cm³/mol. The molecule has 1 aliphatic rings. The van der Waals surface area contributed by atoms with E-state index in [0.717, 1.165) is 57.9 Å². The Morgan fingerprint density at radius 3 is 2.89 bits per heavy atom. The van der Waals surface area contributed by atoms with Crippen molar-refractivity contribution in [2.75, 3.05) is 18.1 Å². The summed E-state index contributed by atoms with van der Waals surface area (Å²) in [5.74, 6) is 0.00815. The third-order valence-corrected chi connectivity index (χ3v) is 6.43. The molecule has 0 aliphatic carbocycles. The van der Waals surface area contributed by atoms with Gasteiger partial charge in [0.2, 0.25) is 0 Å². The number of rotatable bonds is 5. The van der Waals surface area contributed by atoms with Crippen LogP contribution in [0.3, 0.4) is 0 Å². The number of ether oxygens (including phenoxy) is 1. The number of hydrogen-bond acceptors (Lipinski definition) is 4. The molecule has 1 fully saturated rings. The lowest BCUT2D eigenvalue weighted by Gasteiger charge is -2.24. The molecule has 1 amide bonds. The first-order chi connectivity index (χ1) is 13.6. The molecular weight excluding hydrogens is 368 g/mol. The van der Waals surface area contributed by atoms with Crippen molar-refractivity contribution in [3.8, 4) is 0 Å². The molecule has 4 rings (SSSR count). The van der Waals surface area contributed by atoms with Crippen molar-refractivity contribution < 1.29 is 9.53 Å². The lowest BCUT2D eigenvalue weighted by molar-refractivity contribution is 0.0917. The molecule has 146 valence electrons. The van der Waals surface area contributed by atoms with Crippen LogP contribution in [-0.2, 0) is 11.2 Å². The molecule has 1 aromatic heterocycles. The summed E-state index contributed by atoms with van der Waals surface area (Å²) in [6.45, 7) is 7.47. The number of carbonyl (C=O) groups is 1. The fraction of sp³-hybridized carbons (Fsp3) is 0.391. The molecule has 0 bridgehead atoms. The lowest BCUT2D eigenvalue weighted by Crippen LogP contribution is -2.37. The minimum absolute atomic E-state index is 0.00815. The summed E-state index contributed by atoms with van der Waals surface area (Å²) in [4.78, 5) is 20.3. The number of para-hydroxylation sites is 1. The Bertz CT molecular complexity index is 1010. The van der Waals surface area contributed by atoms with Gasteiger partial charge in [0.15, 0.2) is 5.13 Å². The molecule has 0 N–H and O–H groups in total. The average Bonchev–Trinajstić information content (AvgIpc) is 3.36. The second kappa shape index (κ2) is 8.02. The van der Waals surface area contributed by atoms with E-state index in [4.69, 9.17) is 9.72 Å². The Morgan fingerprint density at radius 1 is 1.29 bits per heavy atom. The van der Waals surface area contributed by atoms with Gasteiger partial charge in [0.25, 0.3) is 5.91 Å². The number of amides is 1. The third kappa shape index (κ3) is 3.69. The molecule has 4 nitrogen and oxygen atoms in total. The number of aryl methyl sites for hydroxylation is 3. The highest BCUT2D eigenvalue weighted by Crippen LogP contribution is 2.33. The molecule has 1 unspecified atom stereocenters. The Kier molecular flexibility index (Phi) is 5.47. The second-order valence-electron chi connectivity index (χ2n) is 7.48. The summed E-state index contributed by atoms with van der Waals surface area (Å²) in [7, 11) is 0. The van der Waals surface area contributed by atoms with E-state index in [-0.39, 0.29) is 12.0 Å². The van der Waals surface area contributed by atoms with Crippen LogP contribution in [0.2, 0.25) is 0 Å². The highest BCUT2D eigenvalue weighted by Gasteiger charge is 2.28. The Balaban J connectivity index is 1.77. The number of hydrogen-bond donors (Lipinski definition) is 0. The normalized spacial score (nSPS) is 16.6. The van der Waals surface area contributed by atoms with Crippen LogP contribution >= 0.6 is 11.3 Å². The van der Waals surface area contributed by atoms with Crippen LogP contribution in [0.15, 0.2) is 36.4 Å². The van der Waals surface area contributed by atoms with E-state index in [2.05, 4.69) is 25.1 Å². The van der Waals surface area contributed by atoms with E-state index in [9.17, 15) is 4.79 Å². The quantitative estimate of drug-likeness (QED) is 0.590. The van der Waals surface area contributed by atoms with Crippen LogP contribution in [0, 0.1) is 13.8 Å². The molecule has 1 aliphatic heterocycles. The van der Waals surface area contributed by atoms with Gasteiger partial charge in [-0.3, -0.25) is 9.69 Å². The molecule has 3 aromatic rings. The van der Waals surface area contributed by atoms with Gasteiger partial charge in [-0.25, -0.2) is 4.98 Å². The van der Waals surface area contributed by atoms with Crippen LogP contribution in [0.5, 0.6) is 0 Å². The van der Waals surface area contributed by atoms with Gasteiger partial charge in [-0.1, -0.05) is 48.1 Å². The SMILES string of the molecule is CCc1cccc2sc(N(CC3CCCO3)C(=O)c3cc(C)ccc3C)nc12. The van der Waals surface area contributed by atoms with Crippen LogP contribution in [-0.4, -0.2) is 30.1 Å². The third-order valence-electron chi connectivity index (χ3n) is 5.38. The van der Waals surface area contributed by atoms with Gasteiger partial charge < -0.3 is 4.74 Å². The van der Waals surface area contributed by atoms with E-state index in [1.54, 1.807) is 11.3 Å². The monoisotopic (exact) mass is 394 g/mol. The van der Waals surface area contributed by atoms with Crippen molar-refractivity contribution in [3.05, 3.63) is 58.7 Å². The smallest absolute Gasteiger partial charge is 0.260 e. The molecule has 2 heterocycles. The number of anilines is 1. The lowest BCUT2D eigenvalue weighted by atomic mass is 10.0. The number of fused-ring (bicyclic) bond motifs is 1. The number of thiazole rings is 1. The van der Waals surface area contributed by atoms with Crippen molar-refractivity contribution in [1.29, 1.82) is 0 Å². The molecule has 28 heavy (non-hydrogen) atoms. The molecule has 0 radical (unpaired) electrons. The van der Waals surface area contributed by atoms with Gasteiger partial charge in [-0.05, 0) is 56.4 Å². The topological polar surface area (TPSA) is 42.4 Å². The van der Waals surface area contributed by atoms with Crippen molar-refractivity contribution in [1.82, 2.24) is 4.98 Å².